The Balaban J connectivity index is 1.20. The largest absolute Gasteiger partial charge is 0.370 e. The standard InChI is InChI=1S/C22H27N7O/c30-21(16-3-1-4-16)25-10-2-9-24-20-18(15-5-6-15)13-26-22(28-20)27-17-7-8-19-23-11-12-29(19)14-17/h7-8,11-16H,1-6,9-10H2,(H,25,30)(H2,24,26,27,28). The number of pyridine rings is 1. The summed E-state index contributed by atoms with van der Waals surface area (Å²) >= 11 is 0. The van der Waals surface area contributed by atoms with Crippen molar-refractivity contribution < 1.29 is 4.79 Å². The highest BCUT2D eigenvalue weighted by Gasteiger charge is 2.28. The molecule has 2 aliphatic carbocycles. The summed E-state index contributed by atoms with van der Waals surface area (Å²) in [5, 5.41) is 9.79. The number of carbonyl (C=O) groups is 1. The SMILES string of the molecule is O=C(NCCCNc1nc(Nc2ccc3nccn3c2)ncc1C1CC1)C1CCC1. The third kappa shape index (κ3) is 4.22. The van der Waals surface area contributed by atoms with Gasteiger partial charge in [-0.3, -0.25) is 4.79 Å². The van der Waals surface area contributed by atoms with Crippen LogP contribution in [0.15, 0.2) is 36.9 Å². The van der Waals surface area contributed by atoms with Crippen LogP contribution in [0.1, 0.15) is 50.0 Å². The van der Waals surface area contributed by atoms with Gasteiger partial charge < -0.3 is 20.4 Å². The first-order valence-electron chi connectivity index (χ1n) is 10.8. The van der Waals surface area contributed by atoms with E-state index in [4.69, 9.17) is 4.98 Å². The Morgan fingerprint density at radius 2 is 2.03 bits per heavy atom. The van der Waals surface area contributed by atoms with Crippen molar-refractivity contribution in [2.45, 2.75) is 44.4 Å². The highest BCUT2D eigenvalue weighted by atomic mass is 16.1. The molecule has 2 saturated carbocycles. The summed E-state index contributed by atoms with van der Waals surface area (Å²) in [6, 6.07) is 3.93. The van der Waals surface area contributed by atoms with Crippen LogP contribution in [0.4, 0.5) is 17.5 Å². The summed E-state index contributed by atoms with van der Waals surface area (Å²) in [7, 11) is 0. The van der Waals surface area contributed by atoms with Gasteiger partial charge >= 0.3 is 0 Å². The van der Waals surface area contributed by atoms with E-state index in [1.54, 1.807) is 6.20 Å². The molecule has 0 bridgehead atoms. The summed E-state index contributed by atoms with van der Waals surface area (Å²) < 4.78 is 1.96. The van der Waals surface area contributed by atoms with Crippen molar-refractivity contribution in [3.05, 3.63) is 42.5 Å². The van der Waals surface area contributed by atoms with Crippen molar-refractivity contribution in [2.75, 3.05) is 23.7 Å². The zero-order valence-electron chi connectivity index (χ0n) is 17.0. The van der Waals surface area contributed by atoms with Crippen molar-refractivity contribution in [3.63, 3.8) is 0 Å². The number of aromatic nitrogens is 4. The van der Waals surface area contributed by atoms with Gasteiger partial charge in [0.2, 0.25) is 11.9 Å². The molecule has 8 heteroatoms. The Morgan fingerprint density at radius 3 is 2.83 bits per heavy atom. The molecule has 0 atom stereocenters. The number of imidazole rings is 1. The number of fused-ring (bicyclic) bond motifs is 1. The van der Waals surface area contributed by atoms with Gasteiger partial charge in [-0.2, -0.15) is 4.98 Å². The minimum Gasteiger partial charge on any atom is -0.370 e. The fourth-order valence-corrected chi connectivity index (χ4v) is 3.73. The minimum atomic E-state index is 0.211. The summed E-state index contributed by atoms with van der Waals surface area (Å²) in [5.41, 5.74) is 2.99. The maximum Gasteiger partial charge on any atom is 0.229 e. The zero-order chi connectivity index (χ0) is 20.3. The second kappa shape index (κ2) is 8.30. The molecule has 0 aromatic carbocycles. The number of carbonyl (C=O) groups excluding carboxylic acids is 1. The van der Waals surface area contributed by atoms with E-state index in [9.17, 15) is 4.79 Å². The maximum absolute atomic E-state index is 11.9. The van der Waals surface area contributed by atoms with Crippen molar-refractivity contribution in [3.8, 4) is 0 Å². The van der Waals surface area contributed by atoms with Crippen LogP contribution in [0, 0.1) is 5.92 Å². The van der Waals surface area contributed by atoms with E-state index < -0.39 is 0 Å². The van der Waals surface area contributed by atoms with Gasteiger partial charge in [0, 0.05) is 49.4 Å². The Hall–Kier alpha value is -3.16. The Bertz CT molecular complexity index is 1040. The van der Waals surface area contributed by atoms with E-state index in [0.29, 0.717) is 18.4 Å². The average Bonchev–Trinajstić information content (AvgIpc) is 3.43. The molecule has 30 heavy (non-hydrogen) atoms. The predicted octanol–water partition coefficient (Wildman–Crippen LogP) is 3.46. The van der Waals surface area contributed by atoms with E-state index in [1.165, 1.54) is 24.8 Å². The van der Waals surface area contributed by atoms with Gasteiger partial charge in [0.15, 0.2) is 0 Å². The van der Waals surface area contributed by atoms with Crippen LogP contribution in [-0.4, -0.2) is 38.3 Å². The van der Waals surface area contributed by atoms with Crippen LogP contribution in [0.25, 0.3) is 5.65 Å². The molecular weight excluding hydrogens is 378 g/mol. The molecule has 156 valence electrons. The average molecular weight is 406 g/mol. The lowest BCUT2D eigenvalue weighted by atomic mass is 9.85. The Kier molecular flexibility index (Phi) is 5.21. The number of nitrogens with zero attached hydrogens (tertiary/aromatic N) is 4. The molecule has 2 aliphatic rings. The summed E-state index contributed by atoms with van der Waals surface area (Å²) in [6.45, 7) is 1.46. The number of nitrogens with one attached hydrogen (secondary N) is 3. The first-order valence-corrected chi connectivity index (χ1v) is 10.8. The van der Waals surface area contributed by atoms with Crippen molar-refractivity contribution in [2.24, 2.45) is 5.92 Å². The monoisotopic (exact) mass is 405 g/mol. The van der Waals surface area contributed by atoms with Crippen LogP contribution < -0.4 is 16.0 Å². The van der Waals surface area contributed by atoms with Crippen molar-refractivity contribution in [1.29, 1.82) is 0 Å². The molecule has 0 spiro atoms. The van der Waals surface area contributed by atoms with Crippen LogP contribution in [0.5, 0.6) is 0 Å². The molecule has 3 aromatic rings. The fourth-order valence-electron chi connectivity index (χ4n) is 3.73. The van der Waals surface area contributed by atoms with Crippen LogP contribution >= 0.6 is 0 Å². The van der Waals surface area contributed by atoms with Gasteiger partial charge in [0.05, 0.1) is 5.69 Å². The molecule has 1 amide bonds. The van der Waals surface area contributed by atoms with E-state index in [0.717, 1.165) is 43.0 Å². The van der Waals surface area contributed by atoms with Gasteiger partial charge in [0.1, 0.15) is 11.5 Å². The molecule has 0 aliphatic heterocycles. The first-order chi connectivity index (χ1) is 14.8. The van der Waals surface area contributed by atoms with Crippen molar-refractivity contribution >= 4 is 29.0 Å². The summed E-state index contributed by atoms with van der Waals surface area (Å²) in [6.07, 6.45) is 14.1. The normalized spacial score (nSPS) is 16.3. The van der Waals surface area contributed by atoms with Crippen LogP contribution in [0.2, 0.25) is 0 Å². The highest BCUT2D eigenvalue weighted by Crippen LogP contribution is 2.42. The van der Waals surface area contributed by atoms with E-state index in [1.807, 2.05) is 35.1 Å². The molecule has 0 radical (unpaired) electrons. The maximum atomic E-state index is 11.9. The van der Waals surface area contributed by atoms with Gasteiger partial charge in [-0.15, -0.1) is 0 Å². The van der Waals surface area contributed by atoms with Gasteiger partial charge in [0.25, 0.3) is 0 Å². The third-order valence-corrected chi connectivity index (χ3v) is 5.90. The molecule has 2 fully saturated rings. The van der Waals surface area contributed by atoms with Crippen molar-refractivity contribution in [1.82, 2.24) is 24.7 Å². The fraction of sp³-hybridized carbons (Fsp3) is 0.455. The lowest BCUT2D eigenvalue weighted by Crippen LogP contribution is -2.35. The highest BCUT2D eigenvalue weighted by molar-refractivity contribution is 5.79. The lowest BCUT2D eigenvalue weighted by molar-refractivity contribution is -0.127. The Morgan fingerprint density at radius 1 is 1.13 bits per heavy atom. The number of amides is 1. The molecule has 5 rings (SSSR count). The van der Waals surface area contributed by atoms with Crippen LogP contribution in [-0.2, 0) is 4.79 Å². The summed E-state index contributed by atoms with van der Waals surface area (Å²) in [5.74, 6) is 2.48. The number of hydrogen-bond acceptors (Lipinski definition) is 6. The second-order valence-corrected chi connectivity index (χ2v) is 8.21. The summed E-state index contributed by atoms with van der Waals surface area (Å²) in [4.78, 5) is 25.4. The minimum absolute atomic E-state index is 0.211. The molecule has 0 unspecified atom stereocenters. The Labute approximate surface area is 175 Å². The quantitative estimate of drug-likeness (QED) is 0.472. The third-order valence-electron chi connectivity index (χ3n) is 5.90. The molecule has 0 saturated heterocycles. The molecule has 3 N–H and O–H groups in total. The smallest absolute Gasteiger partial charge is 0.229 e. The molecule has 8 nitrogen and oxygen atoms in total. The topological polar surface area (TPSA) is 96.2 Å². The number of hydrogen-bond donors (Lipinski definition) is 3. The van der Waals surface area contributed by atoms with Gasteiger partial charge in [-0.1, -0.05) is 6.42 Å². The van der Waals surface area contributed by atoms with E-state index >= 15 is 0 Å². The second-order valence-electron chi connectivity index (χ2n) is 8.21. The number of anilines is 3. The lowest BCUT2D eigenvalue weighted by Gasteiger charge is -2.24. The van der Waals surface area contributed by atoms with E-state index in [-0.39, 0.29) is 11.8 Å². The van der Waals surface area contributed by atoms with Gasteiger partial charge in [-0.05, 0) is 50.2 Å². The first kappa shape index (κ1) is 18.8. The number of rotatable bonds is 9. The molecule has 3 aromatic heterocycles. The molecule has 3 heterocycles. The van der Waals surface area contributed by atoms with Gasteiger partial charge in [-0.25, -0.2) is 9.97 Å². The predicted molar refractivity (Wildman–Crippen MR) is 116 cm³/mol. The van der Waals surface area contributed by atoms with Crippen LogP contribution in [0.3, 0.4) is 0 Å². The molecular formula is C22H27N7O. The van der Waals surface area contributed by atoms with E-state index in [2.05, 4.69) is 25.9 Å². The zero-order valence-corrected chi connectivity index (χ0v) is 17.0.